The molecule has 0 saturated carbocycles. The Balaban J connectivity index is 1.81. The molecule has 0 unspecified atom stereocenters. The van der Waals surface area contributed by atoms with Gasteiger partial charge in [0.2, 0.25) is 11.7 Å². The largest absolute Gasteiger partial charge is 0.337 e. The van der Waals surface area contributed by atoms with Gasteiger partial charge < -0.3 is 9.42 Å². The van der Waals surface area contributed by atoms with Crippen LogP contribution in [-0.2, 0) is 6.54 Å². The van der Waals surface area contributed by atoms with E-state index in [0.717, 1.165) is 16.7 Å². The molecule has 0 aliphatic heterocycles. The minimum atomic E-state index is -0.0810. The smallest absolute Gasteiger partial charge is 0.254 e. The maximum Gasteiger partial charge on any atom is 0.254 e. The van der Waals surface area contributed by atoms with Crippen molar-refractivity contribution in [2.45, 2.75) is 27.3 Å². The van der Waals surface area contributed by atoms with Crippen LogP contribution in [-0.4, -0.2) is 27.5 Å². The average Bonchev–Trinajstić information content (AvgIpc) is 3.10. The van der Waals surface area contributed by atoms with Gasteiger partial charge in [-0.25, -0.2) is 0 Å². The van der Waals surface area contributed by atoms with Crippen molar-refractivity contribution < 1.29 is 9.32 Å². The Morgan fingerprint density at radius 3 is 2.48 bits per heavy atom. The molecule has 1 aromatic heterocycles. The molecule has 1 amide bonds. The van der Waals surface area contributed by atoms with Crippen LogP contribution in [0.1, 0.15) is 32.9 Å². The summed E-state index contributed by atoms with van der Waals surface area (Å²) in [5, 5.41) is 4.04. The Hall–Kier alpha value is -3.21. The van der Waals surface area contributed by atoms with Crippen molar-refractivity contribution in [2.24, 2.45) is 0 Å². The number of carbonyl (C=O) groups excluding carboxylic acids is 1. The Morgan fingerprint density at radius 2 is 1.81 bits per heavy atom. The molecule has 0 saturated heterocycles. The molecule has 1 heterocycles. The molecule has 0 atom stereocenters. The number of aromatic nitrogens is 2. The van der Waals surface area contributed by atoms with E-state index in [1.165, 1.54) is 5.56 Å². The van der Waals surface area contributed by atoms with Gasteiger partial charge in [-0.15, -0.1) is 6.58 Å². The average molecular weight is 361 g/mol. The number of rotatable bonds is 6. The van der Waals surface area contributed by atoms with E-state index < -0.39 is 0 Å². The third-order valence-electron chi connectivity index (χ3n) is 4.35. The van der Waals surface area contributed by atoms with Gasteiger partial charge >= 0.3 is 0 Å². The van der Waals surface area contributed by atoms with E-state index in [4.69, 9.17) is 4.52 Å². The monoisotopic (exact) mass is 361 g/mol. The van der Waals surface area contributed by atoms with Gasteiger partial charge in [0, 0.05) is 17.7 Å². The predicted octanol–water partition coefficient (Wildman–Crippen LogP) is 4.49. The lowest BCUT2D eigenvalue weighted by molar-refractivity contribution is 0.0744. The van der Waals surface area contributed by atoms with Crippen LogP contribution in [0.2, 0.25) is 0 Å². The first-order valence-corrected chi connectivity index (χ1v) is 8.85. The fourth-order valence-electron chi connectivity index (χ4n) is 2.90. The lowest BCUT2D eigenvalue weighted by Crippen LogP contribution is -2.31. The maximum absolute atomic E-state index is 13.0. The molecule has 0 spiro atoms. The first-order chi connectivity index (χ1) is 13.0. The predicted molar refractivity (Wildman–Crippen MR) is 105 cm³/mol. The summed E-state index contributed by atoms with van der Waals surface area (Å²) < 4.78 is 5.37. The molecule has 5 nitrogen and oxygen atoms in total. The van der Waals surface area contributed by atoms with E-state index >= 15 is 0 Å². The second-order valence-corrected chi connectivity index (χ2v) is 6.67. The third kappa shape index (κ3) is 4.31. The molecule has 0 aliphatic rings. The number of carbonyl (C=O) groups is 1. The van der Waals surface area contributed by atoms with Gasteiger partial charge in [0.25, 0.3) is 5.91 Å². The minimum Gasteiger partial charge on any atom is -0.337 e. The fraction of sp³-hybridized carbons (Fsp3) is 0.227. The molecule has 0 bridgehead atoms. The first-order valence-electron chi connectivity index (χ1n) is 8.85. The van der Waals surface area contributed by atoms with Crippen molar-refractivity contribution >= 4 is 5.91 Å². The zero-order valence-corrected chi connectivity index (χ0v) is 15.9. The number of amides is 1. The van der Waals surface area contributed by atoms with Crippen LogP contribution in [0.3, 0.4) is 0 Å². The number of benzene rings is 2. The summed E-state index contributed by atoms with van der Waals surface area (Å²) in [6.45, 7) is 10.4. The third-order valence-corrected chi connectivity index (χ3v) is 4.35. The van der Waals surface area contributed by atoms with Crippen molar-refractivity contribution in [1.82, 2.24) is 15.0 Å². The highest BCUT2D eigenvalue weighted by Crippen LogP contribution is 2.19. The van der Waals surface area contributed by atoms with Gasteiger partial charge in [-0.2, -0.15) is 4.98 Å². The van der Waals surface area contributed by atoms with E-state index in [-0.39, 0.29) is 12.5 Å². The molecule has 0 fully saturated rings. The lowest BCUT2D eigenvalue weighted by atomic mass is 10.0. The van der Waals surface area contributed by atoms with E-state index in [1.54, 1.807) is 11.0 Å². The summed E-state index contributed by atoms with van der Waals surface area (Å²) in [6, 6.07) is 13.7. The second kappa shape index (κ2) is 7.99. The van der Waals surface area contributed by atoms with Crippen molar-refractivity contribution in [3.63, 3.8) is 0 Å². The number of aryl methyl sites for hydroxylation is 3. The van der Waals surface area contributed by atoms with Crippen LogP contribution < -0.4 is 0 Å². The summed E-state index contributed by atoms with van der Waals surface area (Å²) in [6.07, 6.45) is 1.69. The fourth-order valence-corrected chi connectivity index (χ4v) is 2.90. The van der Waals surface area contributed by atoms with Crippen LogP contribution in [0.4, 0.5) is 0 Å². The number of hydrogen-bond acceptors (Lipinski definition) is 4. The topological polar surface area (TPSA) is 59.2 Å². The van der Waals surface area contributed by atoms with Crippen LogP contribution in [0.25, 0.3) is 11.4 Å². The molecular weight excluding hydrogens is 338 g/mol. The van der Waals surface area contributed by atoms with Gasteiger partial charge in [-0.05, 0) is 32.4 Å². The first kappa shape index (κ1) is 18.6. The Bertz CT molecular complexity index is 958. The maximum atomic E-state index is 13.0. The normalized spacial score (nSPS) is 10.6. The summed E-state index contributed by atoms with van der Waals surface area (Å²) in [5.74, 6) is 0.829. The Labute approximate surface area is 159 Å². The second-order valence-electron chi connectivity index (χ2n) is 6.67. The van der Waals surface area contributed by atoms with Gasteiger partial charge in [-0.1, -0.05) is 58.8 Å². The minimum absolute atomic E-state index is 0.0810. The SMILES string of the molecule is C=CCN(Cc1nc(-c2ccc(C)cc2)no1)C(=O)c1ccc(C)cc1C. The summed E-state index contributed by atoms with van der Waals surface area (Å²) in [4.78, 5) is 19.1. The Morgan fingerprint density at radius 1 is 1.11 bits per heavy atom. The van der Waals surface area contributed by atoms with E-state index in [1.807, 2.05) is 63.2 Å². The number of nitrogens with zero attached hydrogens (tertiary/aromatic N) is 3. The molecule has 27 heavy (non-hydrogen) atoms. The molecular formula is C22H23N3O2. The zero-order chi connectivity index (χ0) is 19.4. The molecule has 138 valence electrons. The molecule has 3 rings (SSSR count). The van der Waals surface area contributed by atoms with E-state index in [9.17, 15) is 4.79 Å². The molecule has 5 heteroatoms. The molecule has 3 aromatic rings. The van der Waals surface area contributed by atoms with Crippen molar-refractivity contribution in [3.8, 4) is 11.4 Å². The Kier molecular flexibility index (Phi) is 5.50. The van der Waals surface area contributed by atoms with Gasteiger partial charge in [0.05, 0.1) is 0 Å². The molecule has 2 aromatic carbocycles. The summed E-state index contributed by atoms with van der Waals surface area (Å²) >= 11 is 0. The van der Waals surface area contributed by atoms with Crippen LogP contribution >= 0.6 is 0 Å². The highest BCUT2D eigenvalue weighted by molar-refractivity contribution is 5.95. The van der Waals surface area contributed by atoms with Crippen LogP contribution in [0.5, 0.6) is 0 Å². The molecule has 0 aliphatic carbocycles. The highest BCUT2D eigenvalue weighted by Gasteiger charge is 2.20. The zero-order valence-electron chi connectivity index (χ0n) is 15.9. The molecule has 0 N–H and O–H groups in total. The lowest BCUT2D eigenvalue weighted by Gasteiger charge is -2.20. The van der Waals surface area contributed by atoms with Crippen LogP contribution in [0, 0.1) is 20.8 Å². The van der Waals surface area contributed by atoms with Gasteiger partial charge in [0.15, 0.2) is 0 Å². The van der Waals surface area contributed by atoms with Crippen molar-refractivity contribution in [1.29, 1.82) is 0 Å². The standard InChI is InChI=1S/C22H23N3O2/c1-5-12-25(22(26)19-11-8-16(3)13-17(19)4)14-20-23-21(24-27-20)18-9-6-15(2)7-10-18/h5-11,13H,1,12,14H2,2-4H3. The summed E-state index contributed by atoms with van der Waals surface area (Å²) in [7, 11) is 0. The highest BCUT2D eigenvalue weighted by atomic mass is 16.5. The van der Waals surface area contributed by atoms with E-state index in [0.29, 0.717) is 23.8 Å². The van der Waals surface area contributed by atoms with Gasteiger partial charge in [0.1, 0.15) is 6.54 Å². The van der Waals surface area contributed by atoms with Crippen molar-refractivity contribution in [2.75, 3.05) is 6.54 Å². The van der Waals surface area contributed by atoms with Crippen LogP contribution in [0.15, 0.2) is 59.6 Å². The van der Waals surface area contributed by atoms with Crippen molar-refractivity contribution in [3.05, 3.63) is 83.3 Å². The number of hydrogen-bond donors (Lipinski definition) is 0. The molecule has 0 radical (unpaired) electrons. The van der Waals surface area contributed by atoms with E-state index in [2.05, 4.69) is 16.7 Å². The van der Waals surface area contributed by atoms with Gasteiger partial charge in [-0.3, -0.25) is 4.79 Å². The quantitative estimate of drug-likeness (QED) is 0.607. The summed E-state index contributed by atoms with van der Waals surface area (Å²) in [5.41, 5.74) is 4.78.